The highest BCUT2D eigenvalue weighted by atomic mass is 15.1. The van der Waals surface area contributed by atoms with E-state index in [4.69, 9.17) is 5.73 Å². The zero-order valence-corrected chi connectivity index (χ0v) is 11.1. The van der Waals surface area contributed by atoms with Gasteiger partial charge in [-0.05, 0) is 36.5 Å². The average Bonchev–Trinajstić information content (AvgIpc) is 2.39. The first-order chi connectivity index (χ1) is 8.19. The van der Waals surface area contributed by atoms with Gasteiger partial charge in [0.1, 0.15) is 0 Å². The fraction of sp³-hybridized carbons (Fsp3) is 0.600. The Hall–Kier alpha value is -1.18. The Morgan fingerprint density at radius 3 is 2.35 bits per heavy atom. The lowest BCUT2D eigenvalue weighted by molar-refractivity contribution is 0.199. The molecule has 1 aromatic rings. The van der Waals surface area contributed by atoms with E-state index in [1.165, 1.54) is 44.5 Å². The SMILES string of the molecule is CCC1(CC)CCN(c2cccc(N)c2)CC1. The summed E-state index contributed by atoms with van der Waals surface area (Å²) in [6.45, 7) is 7.01. The van der Waals surface area contributed by atoms with Gasteiger partial charge >= 0.3 is 0 Å². The average molecular weight is 232 g/mol. The van der Waals surface area contributed by atoms with E-state index < -0.39 is 0 Å². The lowest BCUT2D eigenvalue weighted by atomic mass is 9.74. The Balaban J connectivity index is 2.04. The molecule has 2 rings (SSSR count). The van der Waals surface area contributed by atoms with E-state index in [1.54, 1.807) is 0 Å². The molecule has 94 valence electrons. The highest BCUT2D eigenvalue weighted by Crippen LogP contribution is 2.39. The second-order valence-corrected chi connectivity index (χ2v) is 5.29. The number of benzene rings is 1. The third-order valence-electron chi connectivity index (χ3n) is 4.56. The van der Waals surface area contributed by atoms with Crippen LogP contribution in [0.4, 0.5) is 11.4 Å². The maximum absolute atomic E-state index is 5.84. The smallest absolute Gasteiger partial charge is 0.0386 e. The molecule has 1 heterocycles. The van der Waals surface area contributed by atoms with E-state index in [0.717, 1.165) is 5.69 Å². The van der Waals surface area contributed by atoms with Crippen molar-refractivity contribution >= 4 is 11.4 Å². The molecule has 2 nitrogen and oxygen atoms in total. The first-order valence-electron chi connectivity index (χ1n) is 6.79. The summed E-state index contributed by atoms with van der Waals surface area (Å²) in [6.07, 6.45) is 5.26. The predicted molar refractivity (Wildman–Crippen MR) is 75.3 cm³/mol. The van der Waals surface area contributed by atoms with Gasteiger partial charge in [-0.25, -0.2) is 0 Å². The number of anilines is 2. The molecule has 0 aliphatic carbocycles. The molecule has 17 heavy (non-hydrogen) atoms. The van der Waals surface area contributed by atoms with Crippen LogP contribution in [0.2, 0.25) is 0 Å². The monoisotopic (exact) mass is 232 g/mol. The van der Waals surface area contributed by atoms with Crippen molar-refractivity contribution in [2.24, 2.45) is 5.41 Å². The molecule has 1 fully saturated rings. The zero-order valence-electron chi connectivity index (χ0n) is 11.1. The summed E-state index contributed by atoms with van der Waals surface area (Å²) in [5.41, 5.74) is 8.59. The summed E-state index contributed by atoms with van der Waals surface area (Å²) in [5.74, 6) is 0. The fourth-order valence-corrected chi connectivity index (χ4v) is 2.92. The van der Waals surface area contributed by atoms with Crippen molar-refractivity contribution in [1.29, 1.82) is 0 Å². The van der Waals surface area contributed by atoms with E-state index in [1.807, 2.05) is 12.1 Å². The van der Waals surface area contributed by atoms with Gasteiger partial charge in [-0.1, -0.05) is 32.8 Å². The molecular formula is C15H24N2. The molecule has 0 atom stereocenters. The second-order valence-electron chi connectivity index (χ2n) is 5.29. The van der Waals surface area contributed by atoms with Crippen LogP contribution in [0.15, 0.2) is 24.3 Å². The molecule has 0 spiro atoms. The Morgan fingerprint density at radius 2 is 1.82 bits per heavy atom. The summed E-state index contributed by atoms with van der Waals surface area (Å²) in [6, 6.07) is 8.26. The van der Waals surface area contributed by atoms with E-state index in [0.29, 0.717) is 5.41 Å². The van der Waals surface area contributed by atoms with E-state index >= 15 is 0 Å². The van der Waals surface area contributed by atoms with Gasteiger partial charge in [0.15, 0.2) is 0 Å². The van der Waals surface area contributed by atoms with Crippen molar-refractivity contribution in [3.8, 4) is 0 Å². The third-order valence-corrected chi connectivity index (χ3v) is 4.56. The summed E-state index contributed by atoms with van der Waals surface area (Å²) in [5, 5.41) is 0. The van der Waals surface area contributed by atoms with Gasteiger partial charge in [-0.15, -0.1) is 0 Å². The summed E-state index contributed by atoms with van der Waals surface area (Å²) in [7, 11) is 0. The molecule has 1 aliphatic heterocycles. The number of nitrogens with two attached hydrogens (primary N) is 1. The molecule has 0 bridgehead atoms. The minimum atomic E-state index is 0.594. The normalized spacial score (nSPS) is 19.3. The number of nitrogen functional groups attached to an aromatic ring is 1. The van der Waals surface area contributed by atoms with Gasteiger partial charge in [-0.2, -0.15) is 0 Å². The van der Waals surface area contributed by atoms with Gasteiger partial charge in [0.2, 0.25) is 0 Å². The van der Waals surface area contributed by atoms with Crippen LogP contribution in [0.25, 0.3) is 0 Å². The molecule has 0 aromatic heterocycles. The standard InChI is InChI=1S/C15H24N2/c1-3-15(4-2)8-10-17(11-9-15)14-7-5-6-13(16)12-14/h5-7,12H,3-4,8-11,16H2,1-2H3. The van der Waals surface area contributed by atoms with Crippen LogP contribution >= 0.6 is 0 Å². The van der Waals surface area contributed by atoms with Gasteiger partial charge in [0, 0.05) is 24.5 Å². The molecule has 1 aliphatic rings. The molecule has 1 aromatic carbocycles. The van der Waals surface area contributed by atoms with E-state index in [2.05, 4.69) is 30.9 Å². The van der Waals surface area contributed by atoms with Crippen molar-refractivity contribution in [2.75, 3.05) is 23.7 Å². The summed E-state index contributed by atoms with van der Waals surface area (Å²) < 4.78 is 0. The van der Waals surface area contributed by atoms with Crippen LogP contribution in [0.5, 0.6) is 0 Å². The van der Waals surface area contributed by atoms with Crippen LogP contribution in [0.3, 0.4) is 0 Å². The molecule has 0 amide bonds. The lowest BCUT2D eigenvalue weighted by Crippen LogP contribution is -2.39. The Bertz CT molecular complexity index is 359. The highest BCUT2D eigenvalue weighted by molar-refractivity contribution is 5.56. The van der Waals surface area contributed by atoms with Gasteiger partial charge in [-0.3, -0.25) is 0 Å². The van der Waals surface area contributed by atoms with E-state index in [-0.39, 0.29) is 0 Å². The van der Waals surface area contributed by atoms with Crippen molar-refractivity contribution in [3.05, 3.63) is 24.3 Å². The first-order valence-corrected chi connectivity index (χ1v) is 6.79. The quantitative estimate of drug-likeness (QED) is 0.806. The molecule has 0 saturated carbocycles. The number of rotatable bonds is 3. The van der Waals surface area contributed by atoms with Crippen molar-refractivity contribution in [1.82, 2.24) is 0 Å². The Kier molecular flexibility index (Phi) is 3.60. The topological polar surface area (TPSA) is 29.3 Å². The maximum Gasteiger partial charge on any atom is 0.0386 e. The predicted octanol–water partition coefficient (Wildman–Crippen LogP) is 3.68. The van der Waals surface area contributed by atoms with E-state index in [9.17, 15) is 0 Å². The zero-order chi connectivity index (χ0) is 12.3. The molecule has 0 radical (unpaired) electrons. The van der Waals surface area contributed by atoms with Crippen molar-refractivity contribution in [2.45, 2.75) is 39.5 Å². The molecule has 2 N–H and O–H groups in total. The van der Waals surface area contributed by atoms with Crippen LogP contribution in [0.1, 0.15) is 39.5 Å². The molecule has 0 unspecified atom stereocenters. The first kappa shape index (κ1) is 12.3. The minimum absolute atomic E-state index is 0.594. The minimum Gasteiger partial charge on any atom is -0.399 e. The van der Waals surface area contributed by atoms with Crippen LogP contribution in [-0.2, 0) is 0 Å². The lowest BCUT2D eigenvalue weighted by Gasteiger charge is -2.42. The van der Waals surface area contributed by atoms with Crippen molar-refractivity contribution in [3.63, 3.8) is 0 Å². The highest BCUT2D eigenvalue weighted by Gasteiger charge is 2.31. The number of hydrogen-bond donors (Lipinski definition) is 1. The molecule has 1 saturated heterocycles. The van der Waals surface area contributed by atoms with Gasteiger partial charge in [0.25, 0.3) is 0 Å². The largest absolute Gasteiger partial charge is 0.399 e. The van der Waals surface area contributed by atoms with Gasteiger partial charge < -0.3 is 10.6 Å². The fourth-order valence-electron chi connectivity index (χ4n) is 2.92. The van der Waals surface area contributed by atoms with Crippen molar-refractivity contribution < 1.29 is 0 Å². The molecular weight excluding hydrogens is 208 g/mol. The number of piperidine rings is 1. The van der Waals surface area contributed by atoms with Crippen LogP contribution in [0, 0.1) is 5.41 Å². The summed E-state index contributed by atoms with van der Waals surface area (Å²) >= 11 is 0. The van der Waals surface area contributed by atoms with Crippen LogP contribution in [-0.4, -0.2) is 13.1 Å². The maximum atomic E-state index is 5.84. The van der Waals surface area contributed by atoms with Crippen LogP contribution < -0.4 is 10.6 Å². The second kappa shape index (κ2) is 4.99. The number of nitrogens with zero attached hydrogens (tertiary/aromatic N) is 1. The Labute approximate surface area is 105 Å². The number of hydrogen-bond acceptors (Lipinski definition) is 2. The summed E-state index contributed by atoms with van der Waals surface area (Å²) in [4.78, 5) is 2.47. The van der Waals surface area contributed by atoms with Gasteiger partial charge in [0.05, 0.1) is 0 Å². The Morgan fingerprint density at radius 1 is 1.18 bits per heavy atom. The molecule has 2 heteroatoms. The third kappa shape index (κ3) is 2.56.